The van der Waals surface area contributed by atoms with Crippen LogP contribution in [0.15, 0.2) is 46.5 Å². The number of hydrogen-bond acceptors (Lipinski definition) is 2. The highest BCUT2D eigenvalue weighted by atomic mass is 35.5. The van der Waals surface area contributed by atoms with E-state index in [1.807, 2.05) is 24.3 Å². The molecule has 0 amide bonds. The zero-order valence-electron chi connectivity index (χ0n) is 13.3. The van der Waals surface area contributed by atoms with Gasteiger partial charge in [0.2, 0.25) is 0 Å². The Kier molecular flexibility index (Phi) is 4.01. The second kappa shape index (κ2) is 6.05. The van der Waals surface area contributed by atoms with Crippen LogP contribution in [0.3, 0.4) is 0 Å². The summed E-state index contributed by atoms with van der Waals surface area (Å²) in [4.78, 5) is 0. The first-order chi connectivity index (χ1) is 11.7. The Morgan fingerprint density at radius 2 is 1.17 bits per heavy atom. The molecule has 4 rings (SSSR count). The molecule has 0 fully saturated rings. The monoisotopic (exact) mass is 358 g/mol. The van der Waals surface area contributed by atoms with Crippen molar-refractivity contribution >= 4 is 35.4 Å². The molecule has 0 aromatic heterocycles. The predicted octanol–water partition coefficient (Wildman–Crippen LogP) is 5.92. The summed E-state index contributed by atoms with van der Waals surface area (Å²) < 4.78 is 11.4. The van der Waals surface area contributed by atoms with Crippen molar-refractivity contribution in [1.29, 1.82) is 0 Å². The maximum atomic E-state index is 6.57. The Labute approximate surface area is 151 Å². The molecule has 0 radical (unpaired) electrons. The fourth-order valence-corrected chi connectivity index (χ4v) is 4.31. The Hall–Kier alpha value is -1.58. The third-order valence-corrected chi connectivity index (χ3v) is 5.25. The molecule has 4 heteroatoms. The molecule has 2 aliphatic carbocycles. The van der Waals surface area contributed by atoms with Crippen molar-refractivity contribution in [2.45, 2.75) is 12.2 Å². The van der Waals surface area contributed by atoms with Gasteiger partial charge in [-0.25, -0.2) is 0 Å². The first-order valence-corrected chi connectivity index (χ1v) is 8.47. The minimum Gasteiger partial charge on any atom is -0.371 e. The Bertz CT molecular complexity index is 819. The van der Waals surface area contributed by atoms with Crippen molar-refractivity contribution in [3.8, 4) is 11.1 Å². The topological polar surface area (TPSA) is 18.5 Å². The van der Waals surface area contributed by atoms with E-state index < -0.39 is 0 Å². The number of benzene rings is 2. The van der Waals surface area contributed by atoms with E-state index in [0.717, 1.165) is 33.4 Å². The second-order valence-electron chi connectivity index (χ2n) is 5.91. The van der Waals surface area contributed by atoms with Gasteiger partial charge in [0.25, 0.3) is 0 Å². The van der Waals surface area contributed by atoms with Gasteiger partial charge in [-0.1, -0.05) is 59.6 Å². The lowest BCUT2D eigenvalue weighted by Gasteiger charge is -2.22. The molecule has 2 nitrogen and oxygen atoms in total. The molecule has 0 bridgehead atoms. The van der Waals surface area contributed by atoms with Crippen LogP contribution in [0.4, 0.5) is 0 Å². The smallest absolute Gasteiger partial charge is 0.118 e. The number of rotatable bonds is 2. The molecule has 122 valence electrons. The molecule has 0 aliphatic heterocycles. The number of ether oxygens (including phenoxy) is 2. The first kappa shape index (κ1) is 15.9. The Balaban J connectivity index is 2.18. The summed E-state index contributed by atoms with van der Waals surface area (Å²) in [6, 6.07) is 12.3. The first-order valence-electron chi connectivity index (χ1n) is 7.71. The lowest BCUT2D eigenvalue weighted by molar-refractivity contribution is 0.135. The number of hydrogen-bond donors (Lipinski definition) is 0. The van der Waals surface area contributed by atoms with Crippen LogP contribution in [0, 0.1) is 0 Å². The molecule has 0 heterocycles. The van der Waals surface area contributed by atoms with E-state index in [9.17, 15) is 0 Å². The van der Waals surface area contributed by atoms with Gasteiger partial charge in [-0.3, -0.25) is 0 Å². The van der Waals surface area contributed by atoms with Gasteiger partial charge in [-0.15, -0.1) is 0 Å². The normalized spacial score (nSPS) is 21.3. The van der Waals surface area contributed by atoms with Gasteiger partial charge < -0.3 is 9.47 Å². The fraction of sp³-hybridized carbons (Fsp3) is 0.200. The third-order valence-electron chi connectivity index (χ3n) is 4.63. The second-order valence-corrected chi connectivity index (χ2v) is 6.79. The predicted molar refractivity (Wildman–Crippen MR) is 99.0 cm³/mol. The summed E-state index contributed by atoms with van der Waals surface area (Å²) in [6.45, 7) is 0. The SMILES string of the molecule is CO[C@H]1C(Cl)=Cc2cccc3c2-c2c1cccc2[C@@H](OC)C(Cl)=C3. The van der Waals surface area contributed by atoms with Gasteiger partial charge in [0.15, 0.2) is 0 Å². The zero-order valence-corrected chi connectivity index (χ0v) is 14.9. The van der Waals surface area contributed by atoms with Crippen LogP contribution in [-0.2, 0) is 9.47 Å². The van der Waals surface area contributed by atoms with E-state index in [0.29, 0.717) is 10.1 Å². The molecular formula is C20H16Cl2O2. The van der Waals surface area contributed by atoms with Gasteiger partial charge in [0.1, 0.15) is 12.2 Å². The van der Waals surface area contributed by atoms with E-state index in [-0.39, 0.29) is 12.2 Å². The summed E-state index contributed by atoms with van der Waals surface area (Å²) in [6.07, 6.45) is 3.34. The van der Waals surface area contributed by atoms with Crippen LogP contribution in [0.25, 0.3) is 23.3 Å². The highest BCUT2D eigenvalue weighted by Crippen LogP contribution is 2.49. The standard InChI is InChI=1S/C20H16Cl2O2/c1-23-19-13-7-4-8-14-18(13)17-11(9-15(19)21)5-3-6-12(17)10-16(22)20(14)24-2/h3-10,19-20H,1-2H3/t19-,20-/m1/s1. The summed E-state index contributed by atoms with van der Waals surface area (Å²) in [7, 11) is 3.35. The number of halogens is 2. The molecule has 0 saturated heterocycles. The molecular weight excluding hydrogens is 343 g/mol. The molecule has 24 heavy (non-hydrogen) atoms. The molecule has 0 spiro atoms. The third kappa shape index (κ3) is 2.26. The summed E-state index contributed by atoms with van der Waals surface area (Å²) in [5.41, 5.74) is 6.40. The van der Waals surface area contributed by atoms with E-state index in [1.54, 1.807) is 14.2 Å². The van der Waals surface area contributed by atoms with Crippen LogP contribution in [0.2, 0.25) is 0 Å². The van der Waals surface area contributed by atoms with Gasteiger partial charge in [-0.2, -0.15) is 0 Å². The Morgan fingerprint density at radius 1 is 0.708 bits per heavy atom. The number of methoxy groups -OCH3 is 2. The van der Waals surface area contributed by atoms with Crippen molar-refractivity contribution in [2.75, 3.05) is 14.2 Å². The molecule has 2 atom stereocenters. The average Bonchev–Trinajstić information content (AvgIpc) is 2.77. The van der Waals surface area contributed by atoms with Crippen LogP contribution in [0.5, 0.6) is 0 Å². The molecule has 0 saturated carbocycles. The van der Waals surface area contributed by atoms with Crippen LogP contribution < -0.4 is 0 Å². The lowest BCUT2D eigenvalue weighted by atomic mass is 9.88. The molecule has 2 aromatic carbocycles. The summed E-state index contributed by atoms with van der Waals surface area (Å²) in [5, 5.41) is 1.33. The van der Waals surface area contributed by atoms with Gasteiger partial charge in [-0.05, 0) is 45.5 Å². The molecule has 2 aliphatic rings. The summed E-state index contributed by atoms with van der Waals surface area (Å²) in [5.74, 6) is 0. The highest BCUT2D eigenvalue weighted by molar-refractivity contribution is 6.33. The molecule has 0 unspecified atom stereocenters. The molecule has 2 aromatic rings. The maximum absolute atomic E-state index is 6.57. The fourth-order valence-electron chi connectivity index (χ4n) is 3.66. The Morgan fingerprint density at radius 3 is 1.62 bits per heavy atom. The summed E-state index contributed by atoms with van der Waals surface area (Å²) >= 11 is 13.1. The minimum absolute atomic E-state index is 0.309. The quantitative estimate of drug-likeness (QED) is 0.663. The largest absolute Gasteiger partial charge is 0.371 e. The van der Waals surface area contributed by atoms with Crippen molar-refractivity contribution < 1.29 is 9.47 Å². The lowest BCUT2D eigenvalue weighted by Crippen LogP contribution is -2.07. The molecule has 0 N–H and O–H groups in total. The van der Waals surface area contributed by atoms with Crippen LogP contribution >= 0.6 is 23.2 Å². The van der Waals surface area contributed by atoms with Crippen LogP contribution in [0.1, 0.15) is 34.5 Å². The van der Waals surface area contributed by atoms with Crippen molar-refractivity contribution in [1.82, 2.24) is 0 Å². The van der Waals surface area contributed by atoms with Crippen molar-refractivity contribution in [3.63, 3.8) is 0 Å². The zero-order chi connectivity index (χ0) is 16.8. The maximum Gasteiger partial charge on any atom is 0.118 e. The van der Waals surface area contributed by atoms with Gasteiger partial charge in [0.05, 0.1) is 10.1 Å². The minimum atomic E-state index is -0.309. The van der Waals surface area contributed by atoms with Gasteiger partial charge in [0, 0.05) is 14.2 Å². The van der Waals surface area contributed by atoms with Crippen molar-refractivity contribution in [3.05, 3.63) is 68.7 Å². The van der Waals surface area contributed by atoms with Crippen molar-refractivity contribution in [2.24, 2.45) is 0 Å². The van der Waals surface area contributed by atoms with E-state index in [1.165, 1.54) is 0 Å². The van der Waals surface area contributed by atoms with E-state index in [2.05, 4.69) is 24.3 Å². The van der Waals surface area contributed by atoms with Crippen LogP contribution in [-0.4, -0.2) is 14.2 Å². The van der Waals surface area contributed by atoms with E-state index >= 15 is 0 Å². The van der Waals surface area contributed by atoms with Gasteiger partial charge >= 0.3 is 0 Å². The highest BCUT2D eigenvalue weighted by Gasteiger charge is 2.31. The van der Waals surface area contributed by atoms with E-state index in [4.69, 9.17) is 32.7 Å². The average molecular weight is 359 g/mol.